The Labute approximate surface area is 127 Å². The van der Waals surface area contributed by atoms with Crippen molar-refractivity contribution in [1.82, 2.24) is 5.32 Å². The largest absolute Gasteiger partial charge is 0.453 e. The van der Waals surface area contributed by atoms with E-state index in [4.69, 9.17) is 9.15 Å². The van der Waals surface area contributed by atoms with Gasteiger partial charge in [0.05, 0.1) is 6.54 Å². The van der Waals surface area contributed by atoms with Gasteiger partial charge in [-0.25, -0.2) is 4.39 Å². The van der Waals surface area contributed by atoms with Crippen LogP contribution in [0.5, 0.6) is 0 Å². The van der Waals surface area contributed by atoms with Crippen LogP contribution < -0.4 is 5.32 Å². The summed E-state index contributed by atoms with van der Waals surface area (Å²) < 4.78 is 23.1. The van der Waals surface area contributed by atoms with Gasteiger partial charge in [0.25, 0.3) is 5.91 Å². The van der Waals surface area contributed by atoms with Crippen molar-refractivity contribution in [3.05, 3.63) is 59.3 Å². The van der Waals surface area contributed by atoms with Crippen LogP contribution in [0, 0.1) is 5.82 Å². The molecule has 0 saturated heterocycles. The summed E-state index contributed by atoms with van der Waals surface area (Å²) in [5, 5.41) is 13.0. The number of ether oxygens (including phenoxy) is 1. The fourth-order valence-electron chi connectivity index (χ4n) is 1.97. The molecule has 0 aliphatic rings. The molecule has 1 aromatic heterocycles. The highest BCUT2D eigenvalue weighted by atomic mass is 19.1. The fourth-order valence-corrected chi connectivity index (χ4v) is 1.97. The van der Waals surface area contributed by atoms with E-state index in [0.29, 0.717) is 11.3 Å². The molecule has 1 heterocycles. The zero-order valence-corrected chi connectivity index (χ0v) is 12.4. The maximum atomic E-state index is 12.9. The molecule has 1 aromatic carbocycles. The average Bonchev–Trinajstić information content (AvgIpc) is 2.94. The molecule has 6 heteroatoms. The molecule has 0 bridgehead atoms. The molecule has 0 saturated carbocycles. The van der Waals surface area contributed by atoms with Gasteiger partial charge < -0.3 is 19.6 Å². The van der Waals surface area contributed by atoms with Gasteiger partial charge in [0, 0.05) is 7.11 Å². The number of rotatable bonds is 6. The lowest BCUT2D eigenvalue weighted by Crippen LogP contribution is -2.38. The van der Waals surface area contributed by atoms with Gasteiger partial charge in [-0.1, -0.05) is 12.1 Å². The first-order valence-electron chi connectivity index (χ1n) is 6.76. The molecule has 22 heavy (non-hydrogen) atoms. The quantitative estimate of drug-likeness (QED) is 0.858. The molecule has 2 aromatic rings. The third-order valence-electron chi connectivity index (χ3n) is 3.23. The normalized spacial score (nSPS) is 13.6. The Morgan fingerprint density at radius 1 is 1.32 bits per heavy atom. The summed E-state index contributed by atoms with van der Waals surface area (Å²) in [7, 11) is 1.53. The number of aliphatic hydroxyl groups is 1. The van der Waals surface area contributed by atoms with E-state index in [1.165, 1.54) is 37.4 Å². The van der Waals surface area contributed by atoms with Crippen LogP contribution in [0.2, 0.25) is 0 Å². The predicted octanol–water partition coefficient (Wildman–Crippen LogP) is 2.20. The van der Waals surface area contributed by atoms with Gasteiger partial charge in [0.2, 0.25) is 0 Å². The minimum Gasteiger partial charge on any atom is -0.453 e. The highest BCUT2D eigenvalue weighted by Gasteiger charge is 2.24. The number of carbonyl (C=O) groups is 1. The Hall–Kier alpha value is -2.18. The minimum atomic E-state index is -1.31. The number of furan rings is 1. The summed E-state index contributed by atoms with van der Waals surface area (Å²) in [5.41, 5.74) is -0.806. The molecule has 118 valence electrons. The summed E-state index contributed by atoms with van der Waals surface area (Å²) >= 11 is 0. The Bertz CT molecular complexity index is 634. The number of amides is 1. The zero-order valence-electron chi connectivity index (χ0n) is 12.4. The molecular weight excluding hydrogens is 289 g/mol. The van der Waals surface area contributed by atoms with E-state index in [1.54, 1.807) is 13.0 Å². The second-order valence-corrected chi connectivity index (χ2v) is 5.16. The SMILES string of the molecule is COCc1ccc(C(=O)NCC(C)(O)c2ccc(F)cc2)o1. The van der Waals surface area contributed by atoms with Gasteiger partial charge in [-0.05, 0) is 36.8 Å². The lowest BCUT2D eigenvalue weighted by atomic mass is 9.96. The fraction of sp³-hybridized carbons (Fsp3) is 0.312. The van der Waals surface area contributed by atoms with E-state index < -0.39 is 11.5 Å². The molecule has 1 amide bonds. The highest BCUT2D eigenvalue weighted by molar-refractivity contribution is 5.91. The molecule has 1 unspecified atom stereocenters. The van der Waals surface area contributed by atoms with Crippen LogP contribution in [0.15, 0.2) is 40.8 Å². The molecule has 0 aliphatic carbocycles. The standard InChI is InChI=1S/C16H18FNO4/c1-16(20,11-3-5-12(17)6-4-11)10-18-15(19)14-8-7-13(22-14)9-21-2/h3-8,20H,9-10H2,1-2H3,(H,18,19). The van der Waals surface area contributed by atoms with Crippen LogP contribution in [0.1, 0.15) is 28.8 Å². The van der Waals surface area contributed by atoms with Crippen LogP contribution in [-0.4, -0.2) is 24.7 Å². The molecular formula is C16H18FNO4. The molecule has 0 aliphatic heterocycles. The van der Waals surface area contributed by atoms with Crippen molar-refractivity contribution < 1.29 is 23.4 Å². The molecule has 0 radical (unpaired) electrons. The number of methoxy groups -OCH3 is 1. The number of nitrogens with one attached hydrogen (secondary N) is 1. The smallest absolute Gasteiger partial charge is 0.287 e. The Morgan fingerprint density at radius 2 is 2.00 bits per heavy atom. The van der Waals surface area contributed by atoms with Crippen molar-refractivity contribution in [1.29, 1.82) is 0 Å². The Kier molecular flexibility index (Phi) is 4.95. The van der Waals surface area contributed by atoms with Crippen molar-refractivity contribution in [3.63, 3.8) is 0 Å². The van der Waals surface area contributed by atoms with Gasteiger partial charge in [-0.2, -0.15) is 0 Å². The molecule has 2 rings (SSSR count). The summed E-state index contributed by atoms with van der Waals surface area (Å²) in [5.74, 6) is -0.144. The Morgan fingerprint density at radius 3 is 2.64 bits per heavy atom. The zero-order chi connectivity index (χ0) is 16.2. The van der Waals surface area contributed by atoms with Crippen molar-refractivity contribution >= 4 is 5.91 Å². The predicted molar refractivity (Wildman–Crippen MR) is 77.7 cm³/mol. The van der Waals surface area contributed by atoms with Crippen LogP contribution in [0.3, 0.4) is 0 Å². The molecule has 1 atom stereocenters. The monoisotopic (exact) mass is 307 g/mol. The second-order valence-electron chi connectivity index (χ2n) is 5.16. The highest BCUT2D eigenvalue weighted by Crippen LogP contribution is 2.20. The lowest BCUT2D eigenvalue weighted by molar-refractivity contribution is 0.0516. The van der Waals surface area contributed by atoms with Crippen molar-refractivity contribution in [3.8, 4) is 0 Å². The lowest BCUT2D eigenvalue weighted by Gasteiger charge is -2.24. The van der Waals surface area contributed by atoms with Gasteiger partial charge in [-0.3, -0.25) is 4.79 Å². The summed E-state index contributed by atoms with van der Waals surface area (Å²) in [6.07, 6.45) is 0. The van der Waals surface area contributed by atoms with Crippen LogP contribution in [0.4, 0.5) is 4.39 Å². The van der Waals surface area contributed by atoms with Gasteiger partial charge in [0.15, 0.2) is 5.76 Å². The number of hydrogen-bond donors (Lipinski definition) is 2. The van der Waals surface area contributed by atoms with E-state index in [9.17, 15) is 14.3 Å². The maximum absolute atomic E-state index is 12.9. The summed E-state index contributed by atoms with van der Waals surface area (Å²) in [6, 6.07) is 8.66. The number of benzene rings is 1. The number of carbonyl (C=O) groups excluding carboxylic acids is 1. The summed E-state index contributed by atoms with van der Waals surface area (Å²) in [6.45, 7) is 1.79. The van der Waals surface area contributed by atoms with Crippen molar-refractivity contribution in [2.24, 2.45) is 0 Å². The maximum Gasteiger partial charge on any atom is 0.287 e. The molecule has 0 spiro atoms. The van der Waals surface area contributed by atoms with E-state index in [2.05, 4.69) is 5.32 Å². The third-order valence-corrected chi connectivity index (χ3v) is 3.23. The van der Waals surface area contributed by atoms with E-state index in [1.807, 2.05) is 0 Å². The third kappa shape index (κ3) is 3.93. The van der Waals surface area contributed by atoms with E-state index in [-0.39, 0.29) is 24.7 Å². The number of hydrogen-bond acceptors (Lipinski definition) is 4. The van der Waals surface area contributed by atoms with E-state index in [0.717, 1.165) is 0 Å². The minimum absolute atomic E-state index is 0.0300. The van der Waals surface area contributed by atoms with Crippen molar-refractivity contribution in [2.45, 2.75) is 19.1 Å². The van der Waals surface area contributed by atoms with Gasteiger partial charge in [-0.15, -0.1) is 0 Å². The summed E-state index contributed by atoms with van der Waals surface area (Å²) in [4.78, 5) is 12.0. The van der Waals surface area contributed by atoms with Crippen LogP contribution >= 0.6 is 0 Å². The van der Waals surface area contributed by atoms with E-state index >= 15 is 0 Å². The average molecular weight is 307 g/mol. The Balaban J connectivity index is 1.98. The molecule has 5 nitrogen and oxygen atoms in total. The van der Waals surface area contributed by atoms with Gasteiger partial charge in [0.1, 0.15) is 23.8 Å². The second kappa shape index (κ2) is 6.72. The first kappa shape index (κ1) is 16.2. The van der Waals surface area contributed by atoms with Crippen LogP contribution in [0.25, 0.3) is 0 Å². The van der Waals surface area contributed by atoms with Gasteiger partial charge >= 0.3 is 0 Å². The molecule has 0 fully saturated rings. The van der Waals surface area contributed by atoms with Crippen LogP contribution in [-0.2, 0) is 16.9 Å². The topological polar surface area (TPSA) is 71.7 Å². The van der Waals surface area contributed by atoms with Crippen molar-refractivity contribution in [2.75, 3.05) is 13.7 Å². The molecule has 2 N–H and O–H groups in total. The number of halogens is 1. The first-order valence-corrected chi connectivity index (χ1v) is 6.76. The first-order chi connectivity index (χ1) is 10.4.